The summed E-state index contributed by atoms with van der Waals surface area (Å²) < 4.78 is 5.75. The molecule has 1 aromatic carbocycles. The molecule has 2 aromatic rings. The van der Waals surface area contributed by atoms with Crippen molar-refractivity contribution in [2.45, 2.75) is 26.7 Å². The fraction of sp³-hybridized carbons (Fsp3) is 0.286. The Morgan fingerprint density at radius 2 is 1.95 bits per heavy atom. The van der Waals surface area contributed by atoms with Crippen LogP contribution < -0.4 is 10.5 Å². The van der Waals surface area contributed by atoms with E-state index in [9.17, 15) is 0 Å². The van der Waals surface area contributed by atoms with E-state index in [1.165, 1.54) is 6.33 Å². The number of benzene rings is 1. The number of hydrogen-bond acceptors (Lipinski definition) is 4. The molecule has 0 fully saturated rings. The van der Waals surface area contributed by atoms with E-state index < -0.39 is 0 Å². The summed E-state index contributed by atoms with van der Waals surface area (Å²) in [7, 11) is 0. The van der Waals surface area contributed by atoms with E-state index in [0.717, 1.165) is 21.9 Å². The standard InChI is InChI=1S/C14H16ClN3O/c1-8(2)10-5-12(9(3)4-11(10)15)19-14-6-13(16)17-7-18-14/h4-8H,1-3H3,(H2,16,17,18). The molecular weight excluding hydrogens is 262 g/mol. The van der Waals surface area contributed by atoms with Crippen molar-refractivity contribution in [3.8, 4) is 11.6 Å². The predicted molar refractivity (Wildman–Crippen MR) is 76.8 cm³/mol. The molecule has 1 heterocycles. The number of nitrogens with zero attached hydrogens (tertiary/aromatic N) is 2. The fourth-order valence-corrected chi connectivity index (χ4v) is 2.18. The van der Waals surface area contributed by atoms with Crippen LogP contribution in [0, 0.1) is 6.92 Å². The van der Waals surface area contributed by atoms with Crippen molar-refractivity contribution >= 4 is 17.4 Å². The van der Waals surface area contributed by atoms with Crippen LogP contribution in [0.15, 0.2) is 24.5 Å². The summed E-state index contributed by atoms with van der Waals surface area (Å²) in [5.74, 6) is 1.85. The molecule has 0 bridgehead atoms. The van der Waals surface area contributed by atoms with E-state index in [4.69, 9.17) is 22.1 Å². The predicted octanol–water partition coefficient (Wildman–Crippen LogP) is 3.94. The van der Waals surface area contributed by atoms with Gasteiger partial charge < -0.3 is 10.5 Å². The van der Waals surface area contributed by atoms with Gasteiger partial charge in [0.25, 0.3) is 0 Å². The SMILES string of the molecule is Cc1cc(Cl)c(C(C)C)cc1Oc1cc(N)ncn1. The van der Waals surface area contributed by atoms with Crippen molar-refractivity contribution in [2.24, 2.45) is 0 Å². The number of anilines is 1. The zero-order valence-corrected chi connectivity index (χ0v) is 11.9. The highest BCUT2D eigenvalue weighted by molar-refractivity contribution is 6.31. The second kappa shape index (κ2) is 5.45. The van der Waals surface area contributed by atoms with Crippen LogP contribution in [0.4, 0.5) is 5.82 Å². The highest BCUT2D eigenvalue weighted by atomic mass is 35.5. The van der Waals surface area contributed by atoms with Crippen molar-refractivity contribution in [2.75, 3.05) is 5.73 Å². The number of rotatable bonds is 3. The number of aromatic nitrogens is 2. The summed E-state index contributed by atoms with van der Waals surface area (Å²) in [6.45, 7) is 6.11. The van der Waals surface area contributed by atoms with Crippen molar-refractivity contribution in [1.82, 2.24) is 9.97 Å². The number of ether oxygens (including phenoxy) is 1. The van der Waals surface area contributed by atoms with Crippen LogP contribution in [0.5, 0.6) is 11.6 Å². The fourth-order valence-electron chi connectivity index (χ4n) is 1.74. The van der Waals surface area contributed by atoms with Gasteiger partial charge in [-0.15, -0.1) is 0 Å². The Hall–Kier alpha value is -1.81. The van der Waals surface area contributed by atoms with Gasteiger partial charge in [0.15, 0.2) is 0 Å². The second-order valence-corrected chi connectivity index (χ2v) is 5.08. The molecule has 5 heteroatoms. The molecule has 0 aliphatic rings. The third-order valence-electron chi connectivity index (χ3n) is 2.79. The van der Waals surface area contributed by atoms with Gasteiger partial charge in [-0.05, 0) is 36.1 Å². The molecule has 2 N–H and O–H groups in total. The average Bonchev–Trinajstić information content (AvgIpc) is 2.32. The second-order valence-electron chi connectivity index (χ2n) is 4.68. The van der Waals surface area contributed by atoms with Crippen molar-refractivity contribution < 1.29 is 4.74 Å². The van der Waals surface area contributed by atoms with Gasteiger partial charge in [0.1, 0.15) is 17.9 Å². The van der Waals surface area contributed by atoms with Crippen LogP contribution in [-0.2, 0) is 0 Å². The maximum absolute atomic E-state index is 6.22. The van der Waals surface area contributed by atoms with Crippen molar-refractivity contribution in [1.29, 1.82) is 0 Å². The minimum Gasteiger partial charge on any atom is -0.439 e. The summed E-state index contributed by atoms with van der Waals surface area (Å²) in [6, 6.07) is 5.43. The molecule has 0 aliphatic heterocycles. The topological polar surface area (TPSA) is 61.0 Å². The first-order valence-electron chi connectivity index (χ1n) is 6.02. The Morgan fingerprint density at radius 1 is 1.21 bits per heavy atom. The number of aryl methyl sites for hydroxylation is 1. The van der Waals surface area contributed by atoms with E-state index in [0.29, 0.717) is 17.6 Å². The van der Waals surface area contributed by atoms with Crippen molar-refractivity contribution in [3.05, 3.63) is 40.7 Å². The largest absolute Gasteiger partial charge is 0.439 e. The summed E-state index contributed by atoms with van der Waals surface area (Å²) >= 11 is 6.22. The zero-order chi connectivity index (χ0) is 14.0. The van der Waals surface area contributed by atoms with Gasteiger partial charge >= 0.3 is 0 Å². The quantitative estimate of drug-likeness (QED) is 0.923. The Morgan fingerprint density at radius 3 is 2.58 bits per heavy atom. The van der Waals surface area contributed by atoms with Gasteiger partial charge in [0, 0.05) is 11.1 Å². The summed E-state index contributed by atoms with van der Waals surface area (Å²) in [6.07, 6.45) is 1.37. The van der Waals surface area contributed by atoms with Crippen LogP contribution in [0.3, 0.4) is 0 Å². The molecule has 0 atom stereocenters. The highest BCUT2D eigenvalue weighted by Crippen LogP contribution is 2.33. The van der Waals surface area contributed by atoms with Gasteiger partial charge in [-0.1, -0.05) is 25.4 Å². The van der Waals surface area contributed by atoms with E-state index in [1.54, 1.807) is 6.07 Å². The first-order chi connectivity index (χ1) is 8.97. The van der Waals surface area contributed by atoms with E-state index >= 15 is 0 Å². The number of nitrogen functional groups attached to an aromatic ring is 1. The molecule has 0 saturated heterocycles. The molecule has 0 unspecified atom stereocenters. The first-order valence-corrected chi connectivity index (χ1v) is 6.40. The lowest BCUT2D eigenvalue weighted by Crippen LogP contribution is -1.97. The molecule has 0 amide bonds. The van der Waals surface area contributed by atoms with Gasteiger partial charge in [-0.2, -0.15) is 0 Å². The normalized spacial score (nSPS) is 10.8. The van der Waals surface area contributed by atoms with Crippen LogP contribution >= 0.6 is 11.6 Å². The monoisotopic (exact) mass is 277 g/mol. The minimum absolute atomic E-state index is 0.325. The molecule has 0 aliphatic carbocycles. The summed E-state index contributed by atoms with van der Waals surface area (Å²) in [5, 5.41) is 0.752. The van der Waals surface area contributed by atoms with Crippen LogP contribution in [0.1, 0.15) is 30.9 Å². The average molecular weight is 278 g/mol. The number of hydrogen-bond donors (Lipinski definition) is 1. The molecule has 0 saturated carbocycles. The van der Waals surface area contributed by atoms with Gasteiger partial charge in [-0.25, -0.2) is 9.97 Å². The lowest BCUT2D eigenvalue weighted by molar-refractivity contribution is 0.457. The molecule has 100 valence electrons. The zero-order valence-electron chi connectivity index (χ0n) is 11.1. The van der Waals surface area contributed by atoms with Gasteiger partial charge in [0.2, 0.25) is 5.88 Å². The van der Waals surface area contributed by atoms with E-state index in [2.05, 4.69) is 23.8 Å². The van der Waals surface area contributed by atoms with Gasteiger partial charge in [0.05, 0.1) is 0 Å². The summed E-state index contributed by atoms with van der Waals surface area (Å²) in [5.41, 5.74) is 7.60. The third kappa shape index (κ3) is 3.15. The lowest BCUT2D eigenvalue weighted by Gasteiger charge is -2.14. The van der Waals surface area contributed by atoms with E-state index in [-0.39, 0.29) is 0 Å². The van der Waals surface area contributed by atoms with Gasteiger partial charge in [-0.3, -0.25) is 0 Å². The number of nitrogens with two attached hydrogens (primary N) is 1. The highest BCUT2D eigenvalue weighted by Gasteiger charge is 2.11. The Kier molecular flexibility index (Phi) is 3.90. The maximum Gasteiger partial charge on any atom is 0.224 e. The molecule has 1 aromatic heterocycles. The third-order valence-corrected chi connectivity index (χ3v) is 3.12. The molecule has 19 heavy (non-hydrogen) atoms. The minimum atomic E-state index is 0.325. The molecule has 0 spiro atoms. The van der Waals surface area contributed by atoms with Crippen LogP contribution in [-0.4, -0.2) is 9.97 Å². The molecular formula is C14H16ClN3O. The molecule has 0 radical (unpaired) electrons. The smallest absolute Gasteiger partial charge is 0.224 e. The summed E-state index contributed by atoms with van der Waals surface area (Å²) in [4.78, 5) is 7.86. The molecule has 2 rings (SSSR count). The van der Waals surface area contributed by atoms with Crippen molar-refractivity contribution in [3.63, 3.8) is 0 Å². The Labute approximate surface area is 117 Å². The molecule has 4 nitrogen and oxygen atoms in total. The lowest BCUT2D eigenvalue weighted by atomic mass is 10.0. The van der Waals surface area contributed by atoms with Crippen LogP contribution in [0.2, 0.25) is 5.02 Å². The maximum atomic E-state index is 6.22. The van der Waals surface area contributed by atoms with E-state index in [1.807, 2.05) is 19.1 Å². The first kappa shape index (κ1) is 13.6. The Balaban J connectivity index is 2.37. The number of halogens is 1. The van der Waals surface area contributed by atoms with Crippen LogP contribution in [0.25, 0.3) is 0 Å². The Bertz CT molecular complexity index is 599.